The molecular formula is C25H27NO5S. The lowest BCUT2D eigenvalue weighted by molar-refractivity contribution is 0.0523. The maximum Gasteiger partial charge on any atom is 0.341 e. The van der Waals surface area contributed by atoms with Gasteiger partial charge in [-0.3, -0.25) is 0 Å². The van der Waals surface area contributed by atoms with Crippen molar-refractivity contribution in [3.63, 3.8) is 0 Å². The van der Waals surface area contributed by atoms with Crippen molar-refractivity contribution >= 4 is 15.8 Å². The second-order valence-electron chi connectivity index (χ2n) is 7.31. The number of hydrogen-bond acceptors (Lipinski definition) is 6. The molecule has 0 saturated carbocycles. The lowest BCUT2D eigenvalue weighted by Gasteiger charge is -2.09. The minimum Gasteiger partial charge on any atom is -0.507 e. The molecule has 0 spiro atoms. The number of esters is 1. The molecule has 3 aromatic carbocycles. The molecule has 0 aliphatic carbocycles. The molecule has 0 bridgehead atoms. The highest BCUT2D eigenvalue weighted by atomic mass is 32.2. The van der Waals surface area contributed by atoms with E-state index in [1.54, 1.807) is 31.2 Å². The van der Waals surface area contributed by atoms with Crippen LogP contribution in [0.4, 0.5) is 0 Å². The lowest BCUT2D eigenvalue weighted by Crippen LogP contribution is -2.15. The average Bonchev–Trinajstić information content (AvgIpc) is 2.80. The van der Waals surface area contributed by atoms with Gasteiger partial charge in [-0.05, 0) is 67.8 Å². The first-order chi connectivity index (χ1) is 15.4. The van der Waals surface area contributed by atoms with Crippen molar-refractivity contribution in [2.45, 2.75) is 36.1 Å². The Balaban J connectivity index is 1.58. The normalized spacial score (nSPS) is 11.3. The van der Waals surface area contributed by atoms with E-state index >= 15 is 0 Å². The van der Waals surface area contributed by atoms with Gasteiger partial charge in [-0.15, -0.1) is 0 Å². The zero-order valence-electron chi connectivity index (χ0n) is 18.0. The topological polar surface area (TPSA) is 92.7 Å². The third kappa shape index (κ3) is 5.96. The number of phenols is 1. The third-order valence-corrected chi connectivity index (χ3v) is 6.77. The number of rotatable bonds is 10. The van der Waals surface area contributed by atoms with Gasteiger partial charge in [0.15, 0.2) is 0 Å². The Morgan fingerprint density at radius 1 is 0.938 bits per heavy atom. The third-order valence-electron chi connectivity index (χ3n) is 5.00. The second-order valence-corrected chi connectivity index (χ2v) is 9.26. The summed E-state index contributed by atoms with van der Waals surface area (Å²) >= 11 is 0. The first-order valence-electron chi connectivity index (χ1n) is 10.5. The highest BCUT2D eigenvalue weighted by molar-refractivity contribution is 7.91. The number of aryl methyl sites for hydroxylation is 1. The lowest BCUT2D eigenvalue weighted by atomic mass is 10.1. The van der Waals surface area contributed by atoms with E-state index in [1.807, 2.05) is 18.2 Å². The molecular weight excluding hydrogens is 426 g/mol. The minimum atomic E-state index is -3.82. The molecule has 7 heteroatoms. The summed E-state index contributed by atoms with van der Waals surface area (Å²) in [4.78, 5) is 11.8. The van der Waals surface area contributed by atoms with E-state index in [9.17, 15) is 18.3 Å². The van der Waals surface area contributed by atoms with Gasteiger partial charge < -0.3 is 15.2 Å². The number of ether oxygens (including phenoxy) is 1. The van der Waals surface area contributed by atoms with E-state index < -0.39 is 21.6 Å². The van der Waals surface area contributed by atoms with Crippen molar-refractivity contribution in [3.05, 3.63) is 89.5 Å². The van der Waals surface area contributed by atoms with E-state index in [0.717, 1.165) is 37.6 Å². The Kier molecular flexibility index (Phi) is 8.03. The summed E-state index contributed by atoms with van der Waals surface area (Å²) in [5, 5.41) is 13.5. The molecule has 168 valence electrons. The molecule has 3 rings (SSSR count). The summed E-state index contributed by atoms with van der Waals surface area (Å²) in [6.07, 6.45) is 1.76. The number of hydrogen-bond donors (Lipinski definition) is 2. The van der Waals surface area contributed by atoms with Crippen molar-refractivity contribution in [1.29, 1.82) is 0 Å². The number of sulfone groups is 1. The van der Waals surface area contributed by atoms with Crippen LogP contribution in [-0.2, 0) is 27.5 Å². The average molecular weight is 454 g/mol. The van der Waals surface area contributed by atoms with E-state index in [-0.39, 0.29) is 22.0 Å². The molecule has 0 amide bonds. The van der Waals surface area contributed by atoms with Crippen LogP contribution < -0.4 is 5.32 Å². The second kappa shape index (κ2) is 10.9. The van der Waals surface area contributed by atoms with Gasteiger partial charge in [0.1, 0.15) is 11.3 Å². The number of nitrogens with one attached hydrogen (secondary N) is 1. The van der Waals surface area contributed by atoms with Crippen molar-refractivity contribution in [2.75, 3.05) is 13.2 Å². The summed E-state index contributed by atoms with van der Waals surface area (Å²) in [6.45, 7) is 3.49. The van der Waals surface area contributed by atoms with E-state index in [2.05, 4.69) is 17.4 Å². The van der Waals surface area contributed by atoms with E-state index in [1.165, 1.54) is 17.7 Å². The SMILES string of the molecule is CCOC(=O)c1ccc(S(=O)(=O)c2ccc(CCCNCc3ccccc3)cc2)cc1O. The van der Waals surface area contributed by atoms with Crippen LogP contribution in [0.5, 0.6) is 5.75 Å². The molecule has 0 unspecified atom stereocenters. The van der Waals surface area contributed by atoms with Crippen LogP contribution in [0.1, 0.15) is 34.8 Å². The highest BCUT2D eigenvalue weighted by Gasteiger charge is 2.21. The van der Waals surface area contributed by atoms with E-state index in [4.69, 9.17) is 4.74 Å². The highest BCUT2D eigenvalue weighted by Crippen LogP contribution is 2.27. The van der Waals surface area contributed by atoms with Gasteiger partial charge in [0.05, 0.1) is 16.4 Å². The summed E-state index contributed by atoms with van der Waals surface area (Å²) in [7, 11) is -3.82. The van der Waals surface area contributed by atoms with Crippen LogP contribution in [0.15, 0.2) is 82.6 Å². The predicted octanol–water partition coefficient (Wildman–Crippen LogP) is 4.12. The monoisotopic (exact) mass is 453 g/mol. The zero-order chi connectivity index (χ0) is 23.0. The molecule has 0 radical (unpaired) electrons. The van der Waals surface area contributed by atoms with Gasteiger partial charge in [-0.25, -0.2) is 13.2 Å². The smallest absolute Gasteiger partial charge is 0.341 e. The van der Waals surface area contributed by atoms with Crippen LogP contribution in [-0.4, -0.2) is 32.6 Å². The molecule has 0 aromatic heterocycles. The first kappa shape index (κ1) is 23.5. The van der Waals surface area contributed by atoms with Gasteiger partial charge in [-0.1, -0.05) is 42.5 Å². The Bertz CT molecular complexity index is 1140. The molecule has 2 N–H and O–H groups in total. The maximum absolute atomic E-state index is 12.9. The molecule has 0 aliphatic heterocycles. The standard InChI is InChI=1S/C25H27NO5S/c1-2-31-25(28)23-15-14-22(17-24(23)27)32(29,30)21-12-10-19(11-13-21)9-6-16-26-18-20-7-4-3-5-8-20/h3-5,7-8,10-15,17,26-27H,2,6,9,16,18H2,1H3. The fourth-order valence-electron chi connectivity index (χ4n) is 3.28. The molecule has 0 fully saturated rings. The number of benzene rings is 3. The van der Waals surface area contributed by atoms with Crippen LogP contribution in [0.3, 0.4) is 0 Å². The summed E-state index contributed by atoms with van der Waals surface area (Å²) < 4.78 is 30.7. The zero-order valence-corrected chi connectivity index (χ0v) is 18.8. The fraction of sp³-hybridized carbons (Fsp3) is 0.240. The van der Waals surface area contributed by atoms with Crippen LogP contribution in [0, 0.1) is 0 Å². The Morgan fingerprint density at radius 2 is 1.62 bits per heavy atom. The van der Waals surface area contributed by atoms with Gasteiger partial charge in [0.2, 0.25) is 9.84 Å². The molecule has 6 nitrogen and oxygen atoms in total. The summed E-state index contributed by atoms with van der Waals surface area (Å²) in [6, 6.07) is 20.6. The number of carbonyl (C=O) groups is 1. The Hall–Kier alpha value is -3.16. The van der Waals surface area contributed by atoms with Crippen LogP contribution in [0.2, 0.25) is 0 Å². The summed E-state index contributed by atoms with van der Waals surface area (Å²) in [5.41, 5.74) is 2.22. The van der Waals surface area contributed by atoms with Crippen LogP contribution in [0.25, 0.3) is 0 Å². The molecule has 32 heavy (non-hydrogen) atoms. The molecule has 0 heterocycles. The van der Waals surface area contributed by atoms with Gasteiger partial charge >= 0.3 is 5.97 Å². The number of carbonyl (C=O) groups excluding carboxylic acids is 1. The number of phenolic OH excluding ortho intramolecular Hbond substituents is 1. The number of aromatic hydroxyl groups is 1. The quantitative estimate of drug-likeness (QED) is 0.354. The van der Waals surface area contributed by atoms with Gasteiger partial charge in [-0.2, -0.15) is 0 Å². The van der Waals surface area contributed by atoms with Gasteiger partial charge in [0, 0.05) is 6.54 Å². The van der Waals surface area contributed by atoms with E-state index in [0.29, 0.717) is 0 Å². The Labute approximate surface area is 188 Å². The largest absolute Gasteiger partial charge is 0.507 e. The van der Waals surface area contributed by atoms with Crippen molar-refractivity contribution in [2.24, 2.45) is 0 Å². The minimum absolute atomic E-state index is 0.0676. The predicted molar refractivity (Wildman–Crippen MR) is 122 cm³/mol. The first-order valence-corrected chi connectivity index (χ1v) is 12.0. The van der Waals surface area contributed by atoms with Gasteiger partial charge in [0.25, 0.3) is 0 Å². The van der Waals surface area contributed by atoms with Crippen molar-refractivity contribution < 1.29 is 23.1 Å². The molecule has 3 aromatic rings. The van der Waals surface area contributed by atoms with Crippen molar-refractivity contribution in [1.82, 2.24) is 5.32 Å². The summed E-state index contributed by atoms with van der Waals surface area (Å²) in [5.74, 6) is -1.12. The molecule has 0 aliphatic rings. The fourth-order valence-corrected chi connectivity index (χ4v) is 4.56. The van der Waals surface area contributed by atoms with Crippen molar-refractivity contribution in [3.8, 4) is 5.75 Å². The van der Waals surface area contributed by atoms with Crippen LogP contribution >= 0.6 is 0 Å². The Morgan fingerprint density at radius 3 is 2.28 bits per heavy atom. The molecule has 0 saturated heterocycles. The molecule has 0 atom stereocenters. The maximum atomic E-state index is 12.9.